The predicted molar refractivity (Wildman–Crippen MR) is 184 cm³/mol. The highest BCUT2D eigenvalue weighted by molar-refractivity contribution is 6.32. The van der Waals surface area contributed by atoms with Gasteiger partial charge in [-0.05, 0) is 55.5 Å². The molecule has 0 radical (unpaired) electrons. The van der Waals surface area contributed by atoms with Gasteiger partial charge >= 0.3 is 11.9 Å². The average molecular weight is 706 g/mol. The van der Waals surface area contributed by atoms with Gasteiger partial charge in [0.1, 0.15) is 17.9 Å². The van der Waals surface area contributed by atoms with Crippen molar-refractivity contribution in [3.8, 4) is 5.75 Å². The second kappa shape index (κ2) is 17.7. The van der Waals surface area contributed by atoms with Crippen LogP contribution >= 0.6 is 23.2 Å². The minimum absolute atomic E-state index is 0.0224. The third-order valence-electron chi connectivity index (χ3n) is 8.19. The van der Waals surface area contributed by atoms with E-state index >= 15 is 0 Å². The number of ether oxygens (including phenoxy) is 3. The molecule has 0 spiro atoms. The van der Waals surface area contributed by atoms with Crippen LogP contribution in [0.25, 0.3) is 0 Å². The van der Waals surface area contributed by atoms with Crippen molar-refractivity contribution >= 4 is 47.0 Å². The summed E-state index contributed by atoms with van der Waals surface area (Å²) < 4.78 is 16.9. The second-order valence-electron chi connectivity index (χ2n) is 13.1. The summed E-state index contributed by atoms with van der Waals surface area (Å²) in [4.78, 5) is 53.6. The highest BCUT2D eigenvalue weighted by Crippen LogP contribution is 2.32. The van der Waals surface area contributed by atoms with Gasteiger partial charge in [0.25, 0.3) is 0 Å². The second-order valence-corrected chi connectivity index (χ2v) is 14.0. The molecule has 1 heterocycles. The molecule has 1 aliphatic heterocycles. The molecule has 10 nitrogen and oxygen atoms in total. The van der Waals surface area contributed by atoms with E-state index in [-0.39, 0.29) is 31.7 Å². The van der Waals surface area contributed by atoms with E-state index in [1.165, 1.54) is 19.3 Å². The molecule has 0 unspecified atom stereocenters. The minimum atomic E-state index is -1.25. The smallest absolute Gasteiger partial charge is 0.347 e. The Hall–Kier alpha value is -3.60. The zero-order valence-corrected chi connectivity index (χ0v) is 29.7. The molecule has 48 heavy (non-hydrogen) atoms. The molecule has 0 aromatic heterocycles. The van der Waals surface area contributed by atoms with Gasteiger partial charge in [0.15, 0.2) is 6.10 Å². The molecule has 6 atom stereocenters. The Labute approximate surface area is 292 Å². The van der Waals surface area contributed by atoms with E-state index in [1.807, 2.05) is 19.9 Å². The number of cyclic esters (lactones) is 2. The lowest BCUT2D eigenvalue weighted by molar-refractivity contribution is -0.180. The van der Waals surface area contributed by atoms with Crippen molar-refractivity contribution in [3.63, 3.8) is 0 Å². The molecule has 2 amide bonds. The monoisotopic (exact) mass is 704 g/mol. The maximum Gasteiger partial charge on any atom is 0.347 e. The summed E-state index contributed by atoms with van der Waals surface area (Å²) in [5.74, 6) is -2.87. The lowest BCUT2D eigenvalue weighted by Crippen LogP contribution is -2.51. The molecule has 3 N–H and O–H groups in total. The highest BCUT2D eigenvalue weighted by Gasteiger charge is 2.38. The first-order valence-corrected chi connectivity index (χ1v) is 16.8. The van der Waals surface area contributed by atoms with Crippen molar-refractivity contribution in [1.82, 2.24) is 10.6 Å². The number of amides is 2. The van der Waals surface area contributed by atoms with Gasteiger partial charge < -0.3 is 30.0 Å². The van der Waals surface area contributed by atoms with Gasteiger partial charge in [-0.3, -0.25) is 14.4 Å². The fourth-order valence-corrected chi connectivity index (χ4v) is 5.79. The number of nitrogens with one attached hydrogen (secondary N) is 2. The van der Waals surface area contributed by atoms with Crippen LogP contribution in [0, 0.1) is 17.3 Å². The Balaban J connectivity index is 1.96. The van der Waals surface area contributed by atoms with Crippen molar-refractivity contribution in [3.05, 3.63) is 76.8 Å². The Morgan fingerprint density at radius 1 is 1.04 bits per heavy atom. The number of aliphatic hydroxyl groups is 1. The van der Waals surface area contributed by atoms with E-state index in [1.54, 1.807) is 63.2 Å². The molecular formula is C36H46Cl2N2O8. The Kier molecular flexibility index (Phi) is 14.3. The topological polar surface area (TPSA) is 140 Å². The summed E-state index contributed by atoms with van der Waals surface area (Å²) >= 11 is 13.0. The number of methoxy groups -OCH3 is 1. The molecule has 0 saturated carbocycles. The van der Waals surface area contributed by atoms with Crippen LogP contribution < -0.4 is 15.4 Å². The average Bonchev–Trinajstić information content (AvgIpc) is 3.04. The molecule has 2 aromatic rings. The standard InChI is InChI=1S/C36H46Cl2N2O8/c1-21(2)17-29-34(44)47-27(22(3)32(42)31(38)24-11-8-7-9-12-24)13-10-14-30(41)40-26(19-23-15-16-28(46-6)25(37)18-23)33(43)39-20-36(4,5)35(45)48-29/h7-12,14-16,18,21-22,26-27,29,31-32,42H,13,17,19-20H2,1-6H3,(H,39,43)(H,40,41)/b14-10+/t22-,26-,27+,29+,31+,32-/m1/s1. The number of halogens is 2. The normalized spacial score (nSPS) is 23.6. The van der Waals surface area contributed by atoms with Crippen molar-refractivity contribution in [2.45, 2.75) is 83.6 Å². The number of benzene rings is 2. The molecule has 1 aliphatic rings. The third-order valence-corrected chi connectivity index (χ3v) is 9.00. The van der Waals surface area contributed by atoms with E-state index in [2.05, 4.69) is 10.6 Å². The number of esters is 2. The number of rotatable bonds is 9. The van der Waals surface area contributed by atoms with Crippen molar-refractivity contribution in [2.24, 2.45) is 17.3 Å². The van der Waals surface area contributed by atoms with Gasteiger partial charge in [0, 0.05) is 25.3 Å². The number of carbonyl (C=O) groups is 4. The van der Waals surface area contributed by atoms with E-state index in [4.69, 9.17) is 37.4 Å². The number of aliphatic hydroxyl groups excluding tert-OH is 1. The van der Waals surface area contributed by atoms with Gasteiger partial charge in [-0.15, -0.1) is 11.6 Å². The molecule has 262 valence electrons. The number of hydrogen-bond donors (Lipinski definition) is 3. The first kappa shape index (κ1) is 38.8. The highest BCUT2D eigenvalue weighted by atomic mass is 35.5. The summed E-state index contributed by atoms with van der Waals surface area (Å²) in [6.07, 6.45) is -0.287. The first-order valence-electron chi connectivity index (χ1n) is 16.0. The van der Waals surface area contributed by atoms with Crippen molar-refractivity contribution in [2.75, 3.05) is 13.7 Å². The summed E-state index contributed by atoms with van der Waals surface area (Å²) in [5, 5.41) is 16.3. The number of alkyl halides is 1. The van der Waals surface area contributed by atoms with Gasteiger partial charge in [-0.25, -0.2) is 4.79 Å². The SMILES string of the molecule is COc1ccc(C[C@H]2NC(=O)/C=C/C[C@@H]([C@@H](C)[C@@H](O)[C@@H](Cl)c3ccccc3)OC(=O)[C@H](CC(C)C)OC(=O)C(C)(C)CNC2=O)cc1Cl. The number of carbonyl (C=O) groups excluding carboxylic acids is 4. The van der Waals surface area contributed by atoms with Crippen LogP contribution in [-0.4, -0.2) is 66.9 Å². The van der Waals surface area contributed by atoms with E-state index in [0.717, 1.165) is 0 Å². The van der Waals surface area contributed by atoms with Crippen molar-refractivity contribution < 1.29 is 38.5 Å². The maximum atomic E-state index is 13.6. The van der Waals surface area contributed by atoms with Crippen molar-refractivity contribution in [1.29, 1.82) is 0 Å². The van der Waals surface area contributed by atoms with Gasteiger partial charge in [0.2, 0.25) is 11.8 Å². The fourth-order valence-electron chi connectivity index (χ4n) is 5.14. The lowest BCUT2D eigenvalue weighted by atomic mass is 9.90. The predicted octanol–water partition coefficient (Wildman–Crippen LogP) is 5.33. The zero-order chi connectivity index (χ0) is 35.6. The molecule has 0 saturated heterocycles. The zero-order valence-electron chi connectivity index (χ0n) is 28.2. The van der Waals surface area contributed by atoms with Crippen LogP contribution in [0.15, 0.2) is 60.7 Å². The largest absolute Gasteiger partial charge is 0.495 e. The van der Waals surface area contributed by atoms with Crippen LogP contribution in [0.3, 0.4) is 0 Å². The minimum Gasteiger partial charge on any atom is -0.495 e. The van der Waals surface area contributed by atoms with Gasteiger partial charge in [0.05, 0.1) is 29.0 Å². The van der Waals surface area contributed by atoms with Gasteiger partial charge in [-0.2, -0.15) is 0 Å². The van der Waals surface area contributed by atoms with E-state index in [0.29, 0.717) is 21.9 Å². The quantitative estimate of drug-likeness (QED) is 0.235. The van der Waals surface area contributed by atoms with Crippen LogP contribution in [-0.2, 0) is 35.1 Å². The fraction of sp³-hybridized carbons (Fsp3) is 0.500. The number of hydrogen-bond acceptors (Lipinski definition) is 8. The van der Waals surface area contributed by atoms with Crippen LogP contribution in [0.4, 0.5) is 0 Å². The van der Waals surface area contributed by atoms with Crippen LogP contribution in [0.1, 0.15) is 64.0 Å². The summed E-state index contributed by atoms with van der Waals surface area (Å²) in [6.45, 7) is 8.49. The molecule has 0 aliphatic carbocycles. The maximum absolute atomic E-state index is 13.6. The van der Waals surface area contributed by atoms with Crippen LogP contribution in [0.2, 0.25) is 5.02 Å². The van der Waals surface area contributed by atoms with E-state index < -0.39 is 64.8 Å². The molecular weight excluding hydrogens is 659 g/mol. The first-order chi connectivity index (χ1) is 22.6. The van der Waals surface area contributed by atoms with E-state index in [9.17, 15) is 24.3 Å². The molecule has 3 rings (SSSR count). The molecule has 0 bridgehead atoms. The molecule has 2 aromatic carbocycles. The van der Waals surface area contributed by atoms with Crippen LogP contribution in [0.5, 0.6) is 5.75 Å². The summed E-state index contributed by atoms with van der Waals surface area (Å²) in [5.41, 5.74) is 0.104. The molecule has 0 fully saturated rings. The Morgan fingerprint density at radius 2 is 1.73 bits per heavy atom. The van der Waals surface area contributed by atoms with Gasteiger partial charge in [-0.1, -0.05) is 74.8 Å². The Bertz CT molecular complexity index is 1450. The third kappa shape index (κ3) is 11.0. The lowest BCUT2D eigenvalue weighted by Gasteiger charge is -2.32. The summed E-state index contributed by atoms with van der Waals surface area (Å²) in [6, 6.07) is 13.0. The summed E-state index contributed by atoms with van der Waals surface area (Å²) in [7, 11) is 1.49. The Morgan fingerprint density at radius 3 is 2.35 bits per heavy atom. The molecule has 12 heteroatoms.